The van der Waals surface area contributed by atoms with E-state index in [1.165, 1.54) is 5.56 Å². The summed E-state index contributed by atoms with van der Waals surface area (Å²) in [5.74, 6) is 1.80. The second-order valence-corrected chi connectivity index (χ2v) is 5.99. The van der Waals surface area contributed by atoms with E-state index in [1.54, 1.807) is 7.11 Å². The third kappa shape index (κ3) is 4.63. The molecule has 0 spiro atoms. The molecule has 0 bridgehead atoms. The van der Waals surface area contributed by atoms with Crippen LogP contribution < -0.4 is 15.4 Å². The Morgan fingerprint density at radius 1 is 1.32 bits per heavy atom. The number of nitrogens with zero attached hydrogens (tertiary/aromatic N) is 1. The number of ether oxygens (including phenoxy) is 2. The number of methoxy groups -OCH3 is 1. The van der Waals surface area contributed by atoms with Crippen molar-refractivity contribution in [1.82, 2.24) is 10.6 Å². The molecule has 1 aliphatic heterocycles. The summed E-state index contributed by atoms with van der Waals surface area (Å²) in [6, 6.07) is 8.11. The van der Waals surface area contributed by atoms with Crippen LogP contribution in [0.15, 0.2) is 29.3 Å². The Hall–Kier alpha value is -1.75. The van der Waals surface area contributed by atoms with Gasteiger partial charge in [0.25, 0.3) is 0 Å². The van der Waals surface area contributed by atoms with Crippen molar-refractivity contribution < 1.29 is 9.47 Å². The van der Waals surface area contributed by atoms with Crippen LogP contribution in [0.25, 0.3) is 0 Å². The van der Waals surface area contributed by atoms with E-state index in [1.807, 2.05) is 18.2 Å². The van der Waals surface area contributed by atoms with Gasteiger partial charge in [0, 0.05) is 18.5 Å². The van der Waals surface area contributed by atoms with E-state index in [2.05, 4.69) is 35.5 Å². The van der Waals surface area contributed by atoms with Gasteiger partial charge in [0.15, 0.2) is 5.96 Å². The van der Waals surface area contributed by atoms with Gasteiger partial charge >= 0.3 is 0 Å². The number of rotatable bonds is 7. The highest BCUT2D eigenvalue weighted by atomic mass is 16.5. The Morgan fingerprint density at radius 3 is 2.73 bits per heavy atom. The van der Waals surface area contributed by atoms with E-state index >= 15 is 0 Å². The molecule has 0 amide bonds. The highest BCUT2D eigenvalue weighted by Crippen LogP contribution is 2.26. The molecule has 0 atom stereocenters. The molecule has 5 heteroatoms. The standard InChI is InChI=1S/C17H27N3O2/c1-4-18-16(20-11-17(2)12-22-13-17)19-10-9-14-7-5-6-8-15(14)21-3/h5-8H,4,9-13H2,1-3H3,(H2,18,19,20). The van der Waals surface area contributed by atoms with Gasteiger partial charge < -0.3 is 20.1 Å². The average Bonchev–Trinajstić information content (AvgIpc) is 2.51. The Balaban J connectivity index is 1.84. The normalized spacial score (nSPS) is 16.8. The molecular weight excluding hydrogens is 278 g/mol. The predicted octanol–water partition coefficient (Wildman–Crippen LogP) is 1.83. The predicted molar refractivity (Wildman–Crippen MR) is 89.6 cm³/mol. The molecule has 5 nitrogen and oxygen atoms in total. The molecule has 0 aromatic heterocycles. The number of nitrogens with one attached hydrogen (secondary N) is 2. The summed E-state index contributed by atoms with van der Waals surface area (Å²) in [5, 5.41) is 6.67. The van der Waals surface area contributed by atoms with Crippen LogP contribution >= 0.6 is 0 Å². The minimum Gasteiger partial charge on any atom is -0.496 e. The van der Waals surface area contributed by atoms with Crippen LogP contribution in [0.2, 0.25) is 0 Å². The maximum absolute atomic E-state index is 5.38. The third-order valence-corrected chi connectivity index (χ3v) is 3.74. The fourth-order valence-corrected chi connectivity index (χ4v) is 2.38. The Kier molecular flexibility index (Phi) is 6.07. The van der Waals surface area contributed by atoms with Crippen LogP contribution in [0.4, 0.5) is 0 Å². The molecule has 122 valence electrons. The van der Waals surface area contributed by atoms with Crippen LogP contribution in [0, 0.1) is 5.41 Å². The number of benzene rings is 1. The molecule has 1 aliphatic rings. The van der Waals surface area contributed by atoms with Gasteiger partial charge in [0.1, 0.15) is 5.75 Å². The van der Waals surface area contributed by atoms with Crippen LogP contribution in [-0.2, 0) is 11.2 Å². The van der Waals surface area contributed by atoms with Crippen LogP contribution in [0.5, 0.6) is 5.75 Å². The molecule has 0 unspecified atom stereocenters. The molecule has 0 saturated carbocycles. The van der Waals surface area contributed by atoms with Crippen molar-refractivity contribution in [2.45, 2.75) is 20.3 Å². The summed E-state index contributed by atoms with van der Waals surface area (Å²) < 4.78 is 10.6. The molecular formula is C17H27N3O2. The highest BCUT2D eigenvalue weighted by Gasteiger charge is 2.33. The molecule has 1 saturated heterocycles. The van der Waals surface area contributed by atoms with Crippen LogP contribution in [0.3, 0.4) is 0 Å². The van der Waals surface area contributed by atoms with Crippen molar-refractivity contribution in [2.24, 2.45) is 10.4 Å². The Bertz CT molecular complexity index is 498. The van der Waals surface area contributed by atoms with E-state index in [0.29, 0.717) is 0 Å². The van der Waals surface area contributed by atoms with Gasteiger partial charge in [0.05, 0.1) is 26.9 Å². The van der Waals surface area contributed by atoms with Gasteiger partial charge in [-0.25, -0.2) is 0 Å². The van der Waals surface area contributed by atoms with Gasteiger partial charge in [-0.15, -0.1) is 0 Å². The maximum atomic E-state index is 5.38. The maximum Gasteiger partial charge on any atom is 0.191 e. The summed E-state index contributed by atoms with van der Waals surface area (Å²) in [7, 11) is 1.71. The molecule has 1 aromatic rings. The van der Waals surface area contributed by atoms with Crippen molar-refractivity contribution in [3.05, 3.63) is 29.8 Å². The summed E-state index contributed by atoms with van der Waals surface area (Å²) in [4.78, 5) is 4.66. The molecule has 22 heavy (non-hydrogen) atoms. The highest BCUT2D eigenvalue weighted by molar-refractivity contribution is 5.79. The second-order valence-electron chi connectivity index (χ2n) is 5.99. The lowest BCUT2D eigenvalue weighted by atomic mass is 9.89. The molecule has 0 radical (unpaired) electrons. The van der Waals surface area contributed by atoms with E-state index in [-0.39, 0.29) is 5.41 Å². The minimum absolute atomic E-state index is 0.199. The van der Waals surface area contributed by atoms with Crippen LogP contribution in [0.1, 0.15) is 19.4 Å². The molecule has 0 aliphatic carbocycles. The molecule has 1 fully saturated rings. The fourth-order valence-electron chi connectivity index (χ4n) is 2.38. The summed E-state index contributed by atoms with van der Waals surface area (Å²) in [5.41, 5.74) is 1.40. The monoisotopic (exact) mass is 305 g/mol. The van der Waals surface area contributed by atoms with Crippen LogP contribution in [-0.4, -0.2) is 45.9 Å². The molecule has 2 rings (SSSR count). The zero-order chi connectivity index (χ0) is 15.8. The number of hydrogen-bond acceptors (Lipinski definition) is 3. The zero-order valence-electron chi connectivity index (χ0n) is 13.8. The van der Waals surface area contributed by atoms with E-state index in [9.17, 15) is 0 Å². The first kappa shape index (κ1) is 16.6. The first-order chi connectivity index (χ1) is 10.7. The molecule has 1 aromatic carbocycles. The van der Waals surface area contributed by atoms with Crippen molar-refractivity contribution in [3.8, 4) is 5.75 Å². The van der Waals surface area contributed by atoms with E-state index < -0.39 is 0 Å². The lowest BCUT2D eigenvalue weighted by Crippen LogP contribution is -2.44. The minimum atomic E-state index is 0.199. The number of guanidine groups is 1. The molecule has 2 N–H and O–H groups in total. The second kappa shape index (κ2) is 8.03. The van der Waals surface area contributed by atoms with Gasteiger partial charge in [-0.3, -0.25) is 4.99 Å². The van der Waals surface area contributed by atoms with Gasteiger partial charge in [-0.05, 0) is 25.0 Å². The number of para-hydroxylation sites is 1. The lowest BCUT2D eigenvalue weighted by molar-refractivity contribution is -0.0945. The fraction of sp³-hybridized carbons (Fsp3) is 0.588. The Labute approximate surface area is 133 Å². The molecule has 1 heterocycles. The SMILES string of the molecule is CCNC(=NCC1(C)COC1)NCCc1ccccc1OC. The van der Waals surface area contributed by atoms with E-state index in [4.69, 9.17) is 9.47 Å². The van der Waals surface area contributed by atoms with Gasteiger partial charge in [-0.1, -0.05) is 25.1 Å². The van der Waals surface area contributed by atoms with Gasteiger partial charge in [0.2, 0.25) is 0 Å². The largest absolute Gasteiger partial charge is 0.496 e. The Morgan fingerprint density at radius 2 is 2.09 bits per heavy atom. The smallest absolute Gasteiger partial charge is 0.191 e. The summed E-state index contributed by atoms with van der Waals surface area (Å²) >= 11 is 0. The average molecular weight is 305 g/mol. The quantitative estimate of drug-likeness (QED) is 0.596. The number of aliphatic imine (C=N–C) groups is 1. The zero-order valence-corrected chi connectivity index (χ0v) is 13.8. The first-order valence-electron chi connectivity index (χ1n) is 7.89. The number of hydrogen-bond donors (Lipinski definition) is 2. The van der Waals surface area contributed by atoms with Crippen molar-refractivity contribution in [2.75, 3.05) is 40.0 Å². The van der Waals surface area contributed by atoms with Crippen molar-refractivity contribution >= 4 is 5.96 Å². The topological polar surface area (TPSA) is 54.9 Å². The first-order valence-corrected chi connectivity index (χ1v) is 7.89. The third-order valence-electron chi connectivity index (χ3n) is 3.74. The summed E-state index contributed by atoms with van der Waals surface area (Å²) in [6.07, 6.45) is 0.898. The van der Waals surface area contributed by atoms with Crippen molar-refractivity contribution in [3.63, 3.8) is 0 Å². The van der Waals surface area contributed by atoms with E-state index in [0.717, 1.165) is 51.0 Å². The van der Waals surface area contributed by atoms with Gasteiger partial charge in [-0.2, -0.15) is 0 Å². The van der Waals surface area contributed by atoms with Crippen molar-refractivity contribution in [1.29, 1.82) is 0 Å². The lowest BCUT2D eigenvalue weighted by Gasteiger charge is -2.36. The summed E-state index contributed by atoms with van der Waals surface area (Å²) in [6.45, 7) is 8.35.